The zero-order valence-electron chi connectivity index (χ0n) is 9.73. The van der Waals surface area contributed by atoms with Crippen molar-refractivity contribution in [1.29, 1.82) is 0 Å². The van der Waals surface area contributed by atoms with Crippen LogP contribution in [0.3, 0.4) is 0 Å². The van der Waals surface area contributed by atoms with Crippen LogP contribution in [0, 0.1) is 0 Å². The molecule has 0 aliphatic heterocycles. The Kier molecular flexibility index (Phi) is 11.0. The smallest absolute Gasteiger partial charge is 0.262 e. The Labute approximate surface area is 107 Å². The van der Waals surface area contributed by atoms with Crippen LogP contribution in [0.4, 0.5) is 0 Å². The van der Waals surface area contributed by atoms with Gasteiger partial charge in [0, 0.05) is 0 Å². The number of rotatable bonds is 8. The molecule has 82 valence electrons. The summed E-state index contributed by atoms with van der Waals surface area (Å²) in [6.07, 6.45) is 5.30. The Balaban J connectivity index is 3.97. The van der Waals surface area contributed by atoms with Gasteiger partial charge in [-0.1, -0.05) is 60.7 Å². The molecule has 0 aromatic heterocycles. The fourth-order valence-electron chi connectivity index (χ4n) is 1.82. The molecule has 0 spiro atoms. The van der Waals surface area contributed by atoms with Crippen LogP contribution in [0.25, 0.3) is 0 Å². The van der Waals surface area contributed by atoms with Crippen LogP contribution in [-0.4, -0.2) is 26.5 Å². The molecule has 0 saturated carbocycles. The number of hydrogen-bond donors (Lipinski definition) is 0. The molecule has 0 unspecified atom stereocenters. The van der Waals surface area contributed by atoms with E-state index >= 15 is 0 Å². The van der Waals surface area contributed by atoms with Crippen molar-refractivity contribution >= 4 is 46.6 Å². The molecular formula is C10H22Al2Cl2. The summed E-state index contributed by atoms with van der Waals surface area (Å²) in [6.45, 7) is 6.70. The van der Waals surface area contributed by atoms with Gasteiger partial charge < -0.3 is 0 Å². The molecule has 0 aliphatic rings. The second-order valence-electron chi connectivity index (χ2n) is 4.01. The Morgan fingerprint density at radius 3 is 1.79 bits per heavy atom. The molecule has 0 heterocycles. The van der Waals surface area contributed by atoms with E-state index in [1.165, 1.54) is 36.2 Å². The molecular weight excluding hydrogens is 245 g/mol. The van der Waals surface area contributed by atoms with E-state index in [0.29, 0.717) is 0 Å². The number of halogens is 2. The second kappa shape index (κ2) is 9.84. The molecule has 0 N–H and O–H groups in total. The minimum atomic E-state index is -1.01. The minimum Gasteiger partial charge on any atom is -0.262 e. The third-order valence-electron chi connectivity index (χ3n) is 2.85. The third-order valence-corrected chi connectivity index (χ3v) is 15.0. The molecule has 0 fully saturated rings. The van der Waals surface area contributed by atoms with Crippen LogP contribution in [0.1, 0.15) is 46.5 Å². The lowest BCUT2D eigenvalue weighted by Crippen LogP contribution is -2.25. The number of unbranched alkanes of at least 4 members (excludes halogenated alkanes) is 2. The van der Waals surface area contributed by atoms with Crippen LogP contribution < -0.4 is 0 Å². The van der Waals surface area contributed by atoms with Crippen LogP contribution in [0.5, 0.6) is 0 Å². The van der Waals surface area contributed by atoms with Crippen molar-refractivity contribution in [2.75, 3.05) is 0 Å². The predicted octanol–water partition coefficient (Wildman–Crippen LogP) is 4.98. The highest BCUT2D eigenvalue weighted by Crippen LogP contribution is 2.30. The summed E-state index contributed by atoms with van der Waals surface area (Å²) in [4.78, 5) is 0. The first-order chi connectivity index (χ1) is 6.67. The molecule has 0 saturated heterocycles. The van der Waals surface area contributed by atoms with Gasteiger partial charge in [0.1, 0.15) is 0 Å². The summed E-state index contributed by atoms with van der Waals surface area (Å²) in [6, 6.07) is 0. The first-order valence-corrected chi connectivity index (χ1v) is 12.4. The maximum atomic E-state index is 6.47. The molecule has 0 atom stereocenters. The first kappa shape index (κ1) is 15.6. The van der Waals surface area contributed by atoms with Gasteiger partial charge in [-0.15, -0.1) is 0 Å². The Bertz CT molecular complexity index is 123. The monoisotopic (exact) mass is 266 g/mol. The summed E-state index contributed by atoms with van der Waals surface area (Å²) >= 11 is -2.02. The molecule has 0 nitrogen and oxygen atoms in total. The van der Waals surface area contributed by atoms with E-state index < -0.39 is 26.5 Å². The van der Waals surface area contributed by atoms with Gasteiger partial charge in [0.15, 0.2) is 0 Å². The second-order valence-corrected chi connectivity index (χ2v) is 13.6. The highest BCUT2D eigenvalue weighted by atomic mass is 35.6. The van der Waals surface area contributed by atoms with Crippen molar-refractivity contribution in [3.05, 3.63) is 0 Å². The fraction of sp³-hybridized carbons (Fsp3) is 1.00. The van der Waals surface area contributed by atoms with Gasteiger partial charge in [-0.25, -0.2) is 0 Å². The number of hydrogen-bond acceptors (Lipinski definition) is 0. The predicted molar refractivity (Wildman–Crippen MR) is 72.1 cm³/mol. The Morgan fingerprint density at radius 1 is 0.929 bits per heavy atom. The van der Waals surface area contributed by atoms with E-state index in [-0.39, 0.29) is 0 Å². The summed E-state index contributed by atoms with van der Waals surface area (Å²) in [5, 5.41) is 2.41. The summed E-state index contributed by atoms with van der Waals surface area (Å²) in [5.74, 6) is 0. The fourth-order valence-corrected chi connectivity index (χ4v) is 12.3. The maximum absolute atomic E-state index is 6.47. The first-order valence-electron chi connectivity index (χ1n) is 5.95. The topological polar surface area (TPSA) is 0 Å². The van der Waals surface area contributed by atoms with E-state index in [0.717, 1.165) is 3.64 Å². The van der Waals surface area contributed by atoms with Gasteiger partial charge in [0.25, 0.3) is 0 Å². The minimum absolute atomic E-state index is 0.778. The Morgan fingerprint density at radius 2 is 1.43 bits per heavy atom. The molecule has 0 rings (SSSR count). The zero-order valence-corrected chi connectivity index (χ0v) is 13.6. The highest BCUT2D eigenvalue weighted by molar-refractivity contribution is 7.20. The van der Waals surface area contributed by atoms with Crippen molar-refractivity contribution in [2.45, 2.75) is 60.7 Å². The largest absolute Gasteiger partial charge is 0.390 e. The van der Waals surface area contributed by atoms with Gasteiger partial charge in [-0.3, -0.25) is 20.1 Å². The average Bonchev–Trinajstić information content (AvgIpc) is 2.22. The summed E-state index contributed by atoms with van der Waals surface area (Å²) in [5.41, 5.74) is 0. The highest BCUT2D eigenvalue weighted by Gasteiger charge is 2.34. The van der Waals surface area contributed by atoms with E-state index in [4.69, 9.17) is 20.1 Å². The van der Waals surface area contributed by atoms with Crippen molar-refractivity contribution < 1.29 is 0 Å². The van der Waals surface area contributed by atoms with Gasteiger partial charge in [0.05, 0.1) is 0 Å². The molecule has 0 aromatic carbocycles. The van der Waals surface area contributed by atoms with E-state index in [1.807, 2.05) is 0 Å². The van der Waals surface area contributed by atoms with Gasteiger partial charge >= 0.3 is 26.5 Å². The van der Waals surface area contributed by atoms with Crippen molar-refractivity contribution in [1.82, 2.24) is 0 Å². The van der Waals surface area contributed by atoms with E-state index in [2.05, 4.69) is 20.8 Å². The average molecular weight is 267 g/mol. The molecule has 0 aliphatic carbocycles. The third kappa shape index (κ3) is 6.28. The maximum Gasteiger partial charge on any atom is 0.390 e. The van der Waals surface area contributed by atoms with Crippen LogP contribution in [-0.2, 0) is 0 Å². The lowest BCUT2D eigenvalue weighted by molar-refractivity contribution is 0.683. The van der Waals surface area contributed by atoms with Crippen LogP contribution in [0.2, 0.25) is 14.2 Å². The summed E-state index contributed by atoms with van der Waals surface area (Å²) in [7, 11) is 12.9. The summed E-state index contributed by atoms with van der Waals surface area (Å²) < 4.78 is 0.778. The van der Waals surface area contributed by atoms with Crippen molar-refractivity contribution in [2.24, 2.45) is 0 Å². The van der Waals surface area contributed by atoms with Crippen molar-refractivity contribution in [3.8, 4) is 0 Å². The molecule has 0 aromatic rings. The molecule has 0 bridgehead atoms. The Hall–Kier alpha value is 1.64. The molecule has 0 radical (unpaired) electrons. The van der Waals surface area contributed by atoms with E-state index in [9.17, 15) is 0 Å². The SMILES string of the molecule is CCCCC[CH]([Al]([Cl])[CH2]C)[Al]([Cl])[CH2]C. The van der Waals surface area contributed by atoms with Gasteiger partial charge in [-0.2, -0.15) is 0 Å². The van der Waals surface area contributed by atoms with Crippen LogP contribution in [0.15, 0.2) is 0 Å². The zero-order chi connectivity index (χ0) is 11.0. The molecule has 14 heavy (non-hydrogen) atoms. The van der Waals surface area contributed by atoms with Gasteiger partial charge in [-0.05, 0) is 0 Å². The van der Waals surface area contributed by atoms with Crippen LogP contribution >= 0.6 is 20.1 Å². The van der Waals surface area contributed by atoms with E-state index in [1.54, 1.807) is 0 Å². The lowest BCUT2D eigenvalue weighted by Gasteiger charge is -2.18. The normalized spacial score (nSPS) is 10.7. The quantitative estimate of drug-likeness (QED) is 0.430. The van der Waals surface area contributed by atoms with Gasteiger partial charge in [0.2, 0.25) is 0 Å². The lowest BCUT2D eigenvalue weighted by atomic mass is 10.2. The van der Waals surface area contributed by atoms with Crippen molar-refractivity contribution in [3.63, 3.8) is 0 Å². The molecule has 0 amide bonds. The molecule has 4 heteroatoms. The standard InChI is InChI=1S/C6H12.2C2H5.2Al.2ClH/c1-3-5-6-4-2;2*1-2;;;;/h1H,3-6H2,2H3;2*1H2,2H3;;;2*1H/q;;;2*+1;;/p-2.